The summed E-state index contributed by atoms with van der Waals surface area (Å²) >= 11 is 4.09. The van der Waals surface area contributed by atoms with Gasteiger partial charge in [0.15, 0.2) is 23.0 Å². The van der Waals surface area contributed by atoms with Crippen LogP contribution in [0.25, 0.3) is 0 Å². The van der Waals surface area contributed by atoms with Crippen LogP contribution in [0.4, 0.5) is 0 Å². The van der Waals surface area contributed by atoms with Crippen LogP contribution in [0, 0.1) is 0 Å². The van der Waals surface area contributed by atoms with Gasteiger partial charge in [0.05, 0.1) is 6.42 Å². The van der Waals surface area contributed by atoms with Crippen LogP contribution in [0.1, 0.15) is 11.1 Å². The minimum atomic E-state index is -0.838. The van der Waals surface area contributed by atoms with Gasteiger partial charge in [-0.2, -0.15) is 12.6 Å². The Balaban J connectivity index is 1.83. The maximum absolute atomic E-state index is 12.2. The first kappa shape index (κ1) is 21.2. The van der Waals surface area contributed by atoms with E-state index < -0.39 is 17.9 Å². The normalized spacial score (nSPS) is 11.6. The van der Waals surface area contributed by atoms with E-state index >= 15 is 0 Å². The van der Waals surface area contributed by atoms with Crippen LogP contribution in [-0.4, -0.2) is 50.6 Å². The number of phenols is 4. The van der Waals surface area contributed by atoms with Gasteiger partial charge in [-0.15, -0.1) is 0 Å². The second-order valence-electron chi connectivity index (χ2n) is 6.17. The van der Waals surface area contributed by atoms with Crippen molar-refractivity contribution < 1.29 is 30.0 Å². The predicted octanol–water partition coefficient (Wildman–Crippen LogP) is 0.825. The summed E-state index contributed by atoms with van der Waals surface area (Å²) in [5.41, 5.74) is 1.22. The van der Waals surface area contributed by atoms with Crippen molar-refractivity contribution in [2.24, 2.45) is 0 Å². The molecule has 0 aliphatic heterocycles. The monoisotopic (exact) mass is 406 g/mol. The van der Waals surface area contributed by atoms with E-state index in [1.165, 1.54) is 30.3 Å². The molecular formula is C19H22N2O6S. The molecule has 150 valence electrons. The van der Waals surface area contributed by atoms with E-state index in [0.29, 0.717) is 12.0 Å². The number of hydrogen-bond acceptors (Lipinski definition) is 7. The van der Waals surface area contributed by atoms with E-state index in [-0.39, 0.29) is 41.7 Å². The lowest BCUT2D eigenvalue weighted by molar-refractivity contribution is -0.128. The molecule has 1 atom stereocenters. The lowest BCUT2D eigenvalue weighted by Crippen LogP contribution is -2.48. The van der Waals surface area contributed by atoms with Crippen molar-refractivity contribution in [2.75, 3.05) is 12.3 Å². The summed E-state index contributed by atoms with van der Waals surface area (Å²) in [6, 6.07) is 7.62. The van der Waals surface area contributed by atoms with Gasteiger partial charge in [0.2, 0.25) is 11.8 Å². The number of carbonyl (C=O) groups excluding carboxylic acids is 2. The summed E-state index contributed by atoms with van der Waals surface area (Å²) in [4.78, 5) is 24.4. The first-order valence-corrected chi connectivity index (χ1v) is 9.13. The lowest BCUT2D eigenvalue weighted by Gasteiger charge is -2.16. The van der Waals surface area contributed by atoms with Gasteiger partial charge in [-0.1, -0.05) is 12.1 Å². The molecule has 0 aromatic heterocycles. The van der Waals surface area contributed by atoms with E-state index in [2.05, 4.69) is 23.3 Å². The molecule has 6 N–H and O–H groups in total. The van der Waals surface area contributed by atoms with Crippen LogP contribution in [-0.2, 0) is 22.4 Å². The van der Waals surface area contributed by atoms with Gasteiger partial charge < -0.3 is 31.1 Å². The van der Waals surface area contributed by atoms with Crippen LogP contribution >= 0.6 is 12.6 Å². The third-order valence-electron chi connectivity index (χ3n) is 3.99. The third kappa shape index (κ3) is 5.98. The van der Waals surface area contributed by atoms with Crippen molar-refractivity contribution in [3.8, 4) is 23.0 Å². The van der Waals surface area contributed by atoms with Gasteiger partial charge in [-0.3, -0.25) is 9.59 Å². The molecule has 0 aliphatic rings. The lowest BCUT2D eigenvalue weighted by atomic mass is 10.1. The molecule has 0 bridgehead atoms. The molecule has 0 heterocycles. The van der Waals surface area contributed by atoms with Gasteiger partial charge in [0.25, 0.3) is 0 Å². The fraction of sp³-hybridized carbons (Fsp3) is 0.263. The highest BCUT2D eigenvalue weighted by Crippen LogP contribution is 2.25. The molecule has 2 aromatic carbocycles. The summed E-state index contributed by atoms with van der Waals surface area (Å²) in [6.45, 7) is 0.273. The van der Waals surface area contributed by atoms with Crippen LogP contribution in [0.3, 0.4) is 0 Å². The van der Waals surface area contributed by atoms with Crippen molar-refractivity contribution in [2.45, 2.75) is 18.9 Å². The molecule has 2 rings (SSSR count). The fourth-order valence-electron chi connectivity index (χ4n) is 2.48. The van der Waals surface area contributed by atoms with Crippen LogP contribution < -0.4 is 10.6 Å². The van der Waals surface area contributed by atoms with Crippen molar-refractivity contribution in [3.63, 3.8) is 0 Å². The molecule has 9 heteroatoms. The Labute approximate surface area is 167 Å². The first-order chi connectivity index (χ1) is 13.3. The number of carbonyl (C=O) groups is 2. The van der Waals surface area contributed by atoms with Crippen LogP contribution in [0.2, 0.25) is 0 Å². The number of nitrogens with one attached hydrogen (secondary N) is 2. The number of thiol groups is 1. The zero-order chi connectivity index (χ0) is 20.7. The Kier molecular flexibility index (Phi) is 7.39. The first-order valence-electron chi connectivity index (χ1n) is 8.49. The highest BCUT2D eigenvalue weighted by Gasteiger charge is 2.19. The molecule has 0 saturated carbocycles. The fourth-order valence-corrected chi connectivity index (χ4v) is 2.74. The maximum atomic E-state index is 12.2. The summed E-state index contributed by atoms with van der Waals surface area (Å²) < 4.78 is 0. The quantitative estimate of drug-likeness (QED) is 0.256. The molecule has 8 nitrogen and oxygen atoms in total. The van der Waals surface area contributed by atoms with E-state index in [4.69, 9.17) is 0 Å². The molecule has 0 fully saturated rings. The molecule has 2 amide bonds. The standard InChI is InChI=1S/C19H22N2O6S/c22-14-3-1-11(7-16(14)24)5-6-20-19(27)13(10-28)21-18(26)9-12-2-4-15(23)17(25)8-12/h1-4,7-8,13,22-25,28H,5-6,9-10H2,(H,20,27)(H,21,26)/t13-/m0/s1. The smallest absolute Gasteiger partial charge is 0.243 e. The SMILES string of the molecule is O=C(Cc1ccc(O)c(O)c1)N[C@@H](CS)C(=O)NCCc1ccc(O)c(O)c1. The summed E-state index contributed by atoms with van der Waals surface area (Å²) in [5, 5.41) is 42.8. The number of phenolic OH excluding ortho intramolecular Hbond substituents is 4. The number of amides is 2. The average molecular weight is 406 g/mol. The maximum Gasteiger partial charge on any atom is 0.243 e. The van der Waals surface area contributed by atoms with E-state index in [1.807, 2.05) is 0 Å². The van der Waals surface area contributed by atoms with Crippen molar-refractivity contribution in [1.29, 1.82) is 0 Å². The van der Waals surface area contributed by atoms with Crippen molar-refractivity contribution in [3.05, 3.63) is 47.5 Å². The van der Waals surface area contributed by atoms with Crippen LogP contribution in [0.15, 0.2) is 36.4 Å². The molecule has 0 unspecified atom stereocenters. The Hall–Kier alpha value is -3.07. The van der Waals surface area contributed by atoms with Gasteiger partial charge >= 0.3 is 0 Å². The Bertz CT molecular complexity index is 858. The van der Waals surface area contributed by atoms with Crippen LogP contribution in [0.5, 0.6) is 23.0 Å². The summed E-state index contributed by atoms with van der Waals surface area (Å²) in [6.07, 6.45) is 0.359. The third-order valence-corrected chi connectivity index (χ3v) is 4.36. The molecule has 0 radical (unpaired) electrons. The summed E-state index contributed by atoms with van der Waals surface area (Å²) in [7, 11) is 0. The van der Waals surface area contributed by atoms with E-state index in [1.54, 1.807) is 6.07 Å². The Morgan fingerprint density at radius 1 is 0.893 bits per heavy atom. The highest BCUT2D eigenvalue weighted by molar-refractivity contribution is 7.80. The second kappa shape index (κ2) is 9.75. The minimum Gasteiger partial charge on any atom is -0.504 e. The predicted molar refractivity (Wildman–Crippen MR) is 106 cm³/mol. The van der Waals surface area contributed by atoms with Gasteiger partial charge in [-0.05, 0) is 41.8 Å². The van der Waals surface area contributed by atoms with E-state index in [9.17, 15) is 30.0 Å². The van der Waals surface area contributed by atoms with Gasteiger partial charge in [-0.25, -0.2) is 0 Å². The molecule has 0 spiro atoms. The molecule has 2 aromatic rings. The number of aromatic hydroxyl groups is 4. The minimum absolute atomic E-state index is 0.0712. The van der Waals surface area contributed by atoms with Gasteiger partial charge in [0.1, 0.15) is 6.04 Å². The Morgan fingerprint density at radius 3 is 2.04 bits per heavy atom. The topological polar surface area (TPSA) is 139 Å². The Morgan fingerprint density at radius 2 is 1.46 bits per heavy atom. The van der Waals surface area contributed by atoms with Crippen molar-refractivity contribution >= 4 is 24.4 Å². The average Bonchev–Trinajstić information content (AvgIpc) is 2.65. The molecule has 28 heavy (non-hydrogen) atoms. The zero-order valence-electron chi connectivity index (χ0n) is 14.9. The van der Waals surface area contributed by atoms with Gasteiger partial charge in [0, 0.05) is 12.3 Å². The zero-order valence-corrected chi connectivity index (χ0v) is 15.8. The highest BCUT2D eigenvalue weighted by atomic mass is 32.1. The molecular weight excluding hydrogens is 384 g/mol. The number of benzene rings is 2. The number of rotatable bonds is 8. The summed E-state index contributed by atoms with van der Waals surface area (Å²) in [5.74, 6) is -1.79. The molecule has 0 aliphatic carbocycles. The number of hydrogen-bond donors (Lipinski definition) is 7. The largest absolute Gasteiger partial charge is 0.504 e. The molecule has 0 saturated heterocycles. The van der Waals surface area contributed by atoms with Crippen molar-refractivity contribution in [1.82, 2.24) is 10.6 Å². The second-order valence-corrected chi connectivity index (χ2v) is 6.53. The van der Waals surface area contributed by atoms with E-state index in [0.717, 1.165) is 5.56 Å².